The van der Waals surface area contributed by atoms with Crippen LogP contribution in [0.1, 0.15) is 28.6 Å². The fourth-order valence-electron chi connectivity index (χ4n) is 1.95. The molecule has 2 aromatic rings. The number of aromatic nitrogens is 1. The minimum Gasteiger partial charge on any atom is -0.320 e. The van der Waals surface area contributed by atoms with E-state index in [-0.39, 0.29) is 0 Å². The second-order valence-electron chi connectivity index (χ2n) is 4.27. The molecule has 18 heavy (non-hydrogen) atoms. The van der Waals surface area contributed by atoms with E-state index in [9.17, 15) is 4.39 Å². The highest BCUT2D eigenvalue weighted by Gasteiger charge is 2.16. The Balaban J connectivity index is 2.44. The largest absolute Gasteiger partial charge is 0.320 e. The molecule has 1 unspecified atom stereocenters. The average Bonchev–Trinajstić information content (AvgIpc) is 2.28. The highest BCUT2D eigenvalue weighted by molar-refractivity contribution is 6.30. The minimum atomic E-state index is -0.532. The van der Waals surface area contributed by atoms with Crippen molar-refractivity contribution in [3.63, 3.8) is 0 Å². The highest BCUT2D eigenvalue weighted by atomic mass is 35.5. The van der Waals surface area contributed by atoms with Crippen LogP contribution in [0.4, 0.5) is 4.39 Å². The Bertz CT molecular complexity index is 533. The lowest BCUT2D eigenvalue weighted by molar-refractivity contribution is 0.599. The van der Waals surface area contributed by atoms with Crippen LogP contribution in [0.3, 0.4) is 0 Å². The fourth-order valence-corrected chi connectivity index (χ4v) is 2.11. The summed E-state index contributed by atoms with van der Waals surface area (Å²) >= 11 is 5.73. The van der Waals surface area contributed by atoms with Gasteiger partial charge in [-0.3, -0.25) is 4.98 Å². The average molecular weight is 265 g/mol. The van der Waals surface area contributed by atoms with E-state index in [2.05, 4.69) is 4.98 Å². The summed E-state index contributed by atoms with van der Waals surface area (Å²) < 4.78 is 13.8. The Morgan fingerprint density at radius 1 is 1.17 bits per heavy atom. The molecule has 94 valence electrons. The number of hydrogen-bond acceptors (Lipinski definition) is 2. The molecule has 0 saturated heterocycles. The SMILES string of the molecule is Cc1ccc(C(N)c2ccc(Cl)cc2F)c(C)n1. The third-order valence-corrected chi connectivity index (χ3v) is 3.13. The van der Waals surface area contributed by atoms with Crippen molar-refractivity contribution in [3.05, 3.63) is 63.7 Å². The second kappa shape index (κ2) is 5.04. The molecule has 0 saturated carbocycles. The Labute approximate surface area is 111 Å². The van der Waals surface area contributed by atoms with E-state index in [1.54, 1.807) is 12.1 Å². The summed E-state index contributed by atoms with van der Waals surface area (Å²) in [5.74, 6) is -0.394. The van der Waals surface area contributed by atoms with Crippen molar-refractivity contribution in [1.82, 2.24) is 4.98 Å². The molecule has 2 N–H and O–H groups in total. The van der Waals surface area contributed by atoms with Crippen LogP contribution in [-0.2, 0) is 0 Å². The van der Waals surface area contributed by atoms with Gasteiger partial charge in [0.05, 0.1) is 6.04 Å². The Morgan fingerprint density at radius 2 is 1.83 bits per heavy atom. The van der Waals surface area contributed by atoms with Crippen LogP contribution in [0.2, 0.25) is 5.02 Å². The van der Waals surface area contributed by atoms with Gasteiger partial charge in [0.2, 0.25) is 0 Å². The van der Waals surface area contributed by atoms with E-state index < -0.39 is 11.9 Å². The van der Waals surface area contributed by atoms with Crippen molar-refractivity contribution < 1.29 is 4.39 Å². The smallest absolute Gasteiger partial charge is 0.129 e. The maximum atomic E-state index is 13.8. The number of aryl methyl sites for hydroxylation is 2. The third kappa shape index (κ3) is 2.52. The summed E-state index contributed by atoms with van der Waals surface area (Å²) in [5.41, 5.74) is 9.07. The first-order valence-corrected chi connectivity index (χ1v) is 6.01. The van der Waals surface area contributed by atoms with Gasteiger partial charge in [0.1, 0.15) is 5.82 Å². The van der Waals surface area contributed by atoms with E-state index >= 15 is 0 Å². The van der Waals surface area contributed by atoms with Crippen LogP contribution in [-0.4, -0.2) is 4.98 Å². The second-order valence-corrected chi connectivity index (χ2v) is 4.71. The summed E-state index contributed by atoms with van der Waals surface area (Å²) in [7, 11) is 0. The third-order valence-electron chi connectivity index (χ3n) is 2.90. The lowest BCUT2D eigenvalue weighted by Gasteiger charge is -2.16. The number of nitrogens with two attached hydrogens (primary N) is 1. The fraction of sp³-hybridized carbons (Fsp3) is 0.214. The maximum Gasteiger partial charge on any atom is 0.129 e. The number of rotatable bonds is 2. The molecule has 0 fully saturated rings. The standard InChI is InChI=1S/C14H14ClFN2/c1-8-3-5-11(9(2)18-8)14(17)12-6-4-10(15)7-13(12)16/h3-7,14H,17H2,1-2H3. The van der Waals surface area contributed by atoms with Crippen LogP contribution in [0.25, 0.3) is 0 Å². The molecule has 0 aliphatic carbocycles. The molecule has 0 bridgehead atoms. The highest BCUT2D eigenvalue weighted by Crippen LogP contribution is 2.25. The molecule has 2 rings (SSSR count). The molecule has 1 heterocycles. The van der Waals surface area contributed by atoms with Crippen LogP contribution in [0.5, 0.6) is 0 Å². The maximum absolute atomic E-state index is 13.8. The van der Waals surface area contributed by atoms with E-state index in [0.717, 1.165) is 17.0 Å². The van der Waals surface area contributed by atoms with E-state index in [1.807, 2.05) is 26.0 Å². The molecule has 0 aliphatic rings. The van der Waals surface area contributed by atoms with Gasteiger partial charge in [0.15, 0.2) is 0 Å². The van der Waals surface area contributed by atoms with Gasteiger partial charge in [-0.05, 0) is 37.6 Å². The first kappa shape index (κ1) is 13.0. The van der Waals surface area contributed by atoms with Crippen molar-refractivity contribution in [2.45, 2.75) is 19.9 Å². The zero-order chi connectivity index (χ0) is 13.3. The minimum absolute atomic E-state index is 0.363. The summed E-state index contributed by atoms with van der Waals surface area (Å²) in [4.78, 5) is 4.34. The topological polar surface area (TPSA) is 38.9 Å². The van der Waals surface area contributed by atoms with Gasteiger partial charge in [-0.15, -0.1) is 0 Å². The van der Waals surface area contributed by atoms with Gasteiger partial charge in [-0.2, -0.15) is 0 Å². The Hall–Kier alpha value is -1.45. The molecular formula is C14H14ClFN2. The molecule has 0 spiro atoms. The first-order valence-electron chi connectivity index (χ1n) is 5.63. The number of hydrogen-bond donors (Lipinski definition) is 1. The summed E-state index contributed by atoms with van der Waals surface area (Å²) in [6.07, 6.45) is 0. The number of nitrogens with zero attached hydrogens (tertiary/aromatic N) is 1. The van der Waals surface area contributed by atoms with E-state index in [4.69, 9.17) is 17.3 Å². The molecule has 1 aromatic heterocycles. The molecule has 1 aromatic carbocycles. The lowest BCUT2D eigenvalue weighted by atomic mass is 9.98. The van der Waals surface area contributed by atoms with Gasteiger partial charge < -0.3 is 5.73 Å². The quantitative estimate of drug-likeness (QED) is 0.901. The van der Waals surface area contributed by atoms with Gasteiger partial charge in [0, 0.05) is 22.0 Å². The number of benzene rings is 1. The van der Waals surface area contributed by atoms with Crippen LogP contribution >= 0.6 is 11.6 Å². The normalized spacial score (nSPS) is 12.5. The lowest BCUT2D eigenvalue weighted by Crippen LogP contribution is -2.15. The van der Waals surface area contributed by atoms with Gasteiger partial charge in [0.25, 0.3) is 0 Å². The molecule has 4 heteroatoms. The monoisotopic (exact) mass is 264 g/mol. The van der Waals surface area contributed by atoms with Gasteiger partial charge >= 0.3 is 0 Å². The summed E-state index contributed by atoms with van der Waals surface area (Å²) in [6, 6.07) is 7.74. The van der Waals surface area contributed by atoms with Crippen molar-refractivity contribution in [3.8, 4) is 0 Å². The van der Waals surface area contributed by atoms with Crippen LogP contribution in [0.15, 0.2) is 30.3 Å². The molecule has 0 aliphatic heterocycles. The molecular weight excluding hydrogens is 251 g/mol. The summed E-state index contributed by atoms with van der Waals surface area (Å²) in [6.45, 7) is 3.78. The predicted octanol–water partition coefficient (Wildman–Crippen LogP) is 3.54. The first-order chi connectivity index (χ1) is 8.49. The molecule has 1 atom stereocenters. The number of pyridine rings is 1. The van der Waals surface area contributed by atoms with Crippen molar-refractivity contribution in [2.75, 3.05) is 0 Å². The molecule has 0 amide bonds. The van der Waals surface area contributed by atoms with Crippen molar-refractivity contribution in [1.29, 1.82) is 0 Å². The van der Waals surface area contributed by atoms with Crippen molar-refractivity contribution in [2.24, 2.45) is 5.73 Å². The molecule has 2 nitrogen and oxygen atoms in total. The Morgan fingerprint density at radius 3 is 2.44 bits per heavy atom. The van der Waals surface area contributed by atoms with Gasteiger partial charge in [-0.25, -0.2) is 4.39 Å². The Kier molecular flexibility index (Phi) is 3.64. The predicted molar refractivity (Wildman–Crippen MR) is 71.2 cm³/mol. The van der Waals surface area contributed by atoms with Gasteiger partial charge in [-0.1, -0.05) is 23.7 Å². The van der Waals surface area contributed by atoms with Crippen LogP contribution < -0.4 is 5.73 Å². The zero-order valence-corrected chi connectivity index (χ0v) is 11.0. The van der Waals surface area contributed by atoms with E-state index in [1.165, 1.54) is 6.07 Å². The van der Waals surface area contributed by atoms with Crippen molar-refractivity contribution >= 4 is 11.6 Å². The number of halogens is 2. The van der Waals surface area contributed by atoms with Crippen LogP contribution in [0, 0.1) is 19.7 Å². The molecule has 0 radical (unpaired) electrons. The summed E-state index contributed by atoms with van der Waals surface area (Å²) in [5, 5.41) is 0.363. The zero-order valence-electron chi connectivity index (χ0n) is 10.2. The van der Waals surface area contributed by atoms with E-state index in [0.29, 0.717) is 10.6 Å².